The maximum atomic E-state index is 12.6. The number of ether oxygens (including phenoxy) is 1. The minimum absolute atomic E-state index is 0.0337. The van der Waals surface area contributed by atoms with Crippen LogP contribution in [0.15, 0.2) is 60.7 Å². The molecule has 2 aromatic rings. The van der Waals surface area contributed by atoms with Crippen LogP contribution in [0.5, 0.6) is 0 Å². The number of rotatable bonds is 11. The van der Waals surface area contributed by atoms with E-state index in [0.717, 1.165) is 5.56 Å². The molecule has 0 saturated carbocycles. The van der Waals surface area contributed by atoms with E-state index >= 15 is 0 Å². The van der Waals surface area contributed by atoms with Gasteiger partial charge in [-0.1, -0.05) is 60.7 Å². The number of nitrogens with one attached hydrogen (secondary N) is 2. The fourth-order valence-corrected chi connectivity index (χ4v) is 2.77. The monoisotopic (exact) mass is 428 g/mol. The summed E-state index contributed by atoms with van der Waals surface area (Å²) in [5.74, 6) is -3.21. The van der Waals surface area contributed by atoms with Gasteiger partial charge in [0.05, 0.1) is 0 Å². The normalized spacial score (nSPS) is 12.3. The van der Waals surface area contributed by atoms with Gasteiger partial charge in [0.1, 0.15) is 18.7 Å². The fraction of sp³-hybridized carbons (Fsp3) is 0.273. The zero-order chi connectivity index (χ0) is 22.6. The third kappa shape index (κ3) is 8.57. The number of alkyl carbamates (subject to hydrolysis) is 1. The quantitative estimate of drug-likeness (QED) is 0.428. The molecule has 9 heteroatoms. The molecule has 0 fully saturated rings. The van der Waals surface area contributed by atoms with E-state index < -0.39 is 42.4 Å². The SMILES string of the molecule is O=C(O)CC[C@@H](NC(=O)OCc1ccccc1)C(=O)N[C@@H](Cc1ccccc1)C(=O)O. The lowest BCUT2D eigenvalue weighted by atomic mass is 10.0. The third-order valence-electron chi connectivity index (χ3n) is 4.37. The molecule has 2 rings (SSSR count). The lowest BCUT2D eigenvalue weighted by Gasteiger charge is -2.21. The summed E-state index contributed by atoms with van der Waals surface area (Å²) in [6.07, 6.45) is -1.50. The van der Waals surface area contributed by atoms with E-state index in [4.69, 9.17) is 9.84 Å². The first-order valence-corrected chi connectivity index (χ1v) is 9.61. The van der Waals surface area contributed by atoms with Gasteiger partial charge in [0.2, 0.25) is 5.91 Å². The van der Waals surface area contributed by atoms with Gasteiger partial charge in [-0.25, -0.2) is 9.59 Å². The Morgan fingerprint density at radius 2 is 1.39 bits per heavy atom. The average Bonchev–Trinajstić information content (AvgIpc) is 2.75. The van der Waals surface area contributed by atoms with Crippen molar-refractivity contribution in [1.82, 2.24) is 10.6 Å². The van der Waals surface area contributed by atoms with Crippen molar-refractivity contribution in [2.45, 2.75) is 38.0 Å². The number of carboxylic acid groups (broad SMARTS) is 2. The Morgan fingerprint density at radius 1 is 0.806 bits per heavy atom. The maximum Gasteiger partial charge on any atom is 0.408 e. The molecular weight excluding hydrogens is 404 g/mol. The standard InChI is InChI=1S/C22H24N2O7/c25-19(26)12-11-17(24-22(30)31-14-16-9-5-2-6-10-16)20(27)23-18(21(28)29)13-15-7-3-1-4-8-15/h1-10,17-18H,11-14H2,(H,23,27)(H,24,30)(H,25,26)(H,28,29)/t17-,18+/m1/s1. The summed E-state index contributed by atoms with van der Waals surface area (Å²) in [5, 5.41) is 23.1. The molecule has 4 N–H and O–H groups in total. The highest BCUT2D eigenvalue weighted by molar-refractivity contribution is 5.89. The van der Waals surface area contributed by atoms with Crippen LogP contribution in [0, 0.1) is 0 Å². The van der Waals surface area contributed by atoms with Crippen molar-refractivity contribution in [3.05, 3.63) is 71.8 Å². The molecule has 31 heavy (non-hydrogen) atoms. The molecule has 2 amide bonds. The number of carbonyl (C=O) groups excluding carboxylic acids is 2. The molecular formula is C22H24N2O7. The first-order valence-electron chi connectivity index (χ1n) is 9.61. The average molecular weight is 428 g/mol. The van der Waals surface area contributed by atoms with Gasteiger partial charge in [-0.05, 0) is 17.5 Å². The largest absolute Gasteiger partial charge is 0.481 e. The number of hydrogen-bond acceptors (Lipinski definition) is 5. The molecule has 2 aromatic carbocycles. The van der Waals surface area contributed by atoms with Crippen molar-refractivity contribution >= 4 is 23.9 Å². The first-order chi connectivity index (χ1) is 14.8. The minimum atomic E-state index is -1.27. The highest BCUT2D eigenvalue weighted by Crippen LogP contribution is 2.06. The van der Waals surface area contributed by atoms with Crippen molar-refractivity contribution in [2.75, 3.05) is 0 Å². The Kier molecular flexibility index (Phi) is 9.03. The highest BCUT2D eigenvalue weighted by Gasteiger charge is 2.27. The number of benzene rings is 2. The zero-order valence-corrected chi connectivity index (χ0v) is 16.7. The first kappa shape index (κ1) is 23.4. The van der Waals surface area contributed by atoms with Gasteiger partial charge >= 0.3 is 18.0 Å². The van der Waals surface area contributed by atoms with Crippen molar-refractivity contribution in [3.8, 4) is 0 Å². The Hall–Kier alpha value is -3.88. The van der Waals surface area contributed by atoms with Crippen molar-refractivity contribution in [1.29, 1.82) is 0 Å². The summed E-state index contributed by atoms with van der Waals surface area (Å²) in [6, 6.07) is 15.1. The predicted octanol–water partition coefficient (Wildman–Crippen LogP) is 1.96. The van der Waals surface area contributed by atoms with E-state index in [0.29, 0.717) is 5.56 Å². The summed E-state index contributed by atoms with van der Waals surface area (Å²) in [4.78, 5) is 47.3. The molecule has 2 atom stereocenters. The Bertz CT molecular complexity index is 887. The van der Waals surface area contributed by atoms with Crippen LogP contribution in [-0.4, -0.2) is 46.2 Å². The van der Waals surface area contributed by atoms with Gasteiger partial charge in [0, 0.05) is 12.8 Å². The molecule has 9 nitrogen and oxygen atoms in total. The lowest BCUT2D eigenvalue weighted by molar-refractivity contribution is -0.142. The molecule has 0 saturated heterocycles. The summed E-state index contributed by atoms with van der Waals surface area (Å²) < 4.78 is 5.07. The van der Waals surface area contributed by atoms with E-state index in [1.54, 1.807) is 54.6 Å². The minimum Gasteiger partial charge on any atom is -0.481 e. The molecule has 0 aliphatic rings. The predicted molar refractivity (Wildman–Crippen MR) is 110 cm³/mol. The molecule has 0 spiro atoms. The van der Waals surface area contributed by atoms with E-state index in [-0.39, 0.29) is 19.4 Å². The van der Waals surface area contributed by atoms with E-state index in [9.17, 15) is 24.3 Å². The molecule has 0 radical (unpaired) electrons. The van der Waals surface area contributed by atoms with Crippen LogP contribution in [0.2, 0.25) is 0 Å². The number of aliphatic carboxylic acids is 2. The second-order valence-corrected chi connectivity index (χ2v) is 6.78. The number of hydrogen-bond donors (Lipinski definition) is 4. The third-order valence-corrected chi connectivity index (χ3v) is 4.37. The second-order valence-electron chi connectivity index (χ2n) is 6.78. The summed E-state index contributed by atoms with van der Waals surface area (Å²) in [6.45, 7) is -0.0360. The van der Waals surface area contributed by atoms with Gasteiger partial charge in [0.25, 0.3) is 0 Å². The van der Waals surface area contributed by atoms with Crippen molar-refractivity contribution in [3.63, 3.8) is 0 Å². The molecule has 0 aliphatic carbocycles. The summed E-state index contributed by atoms with van der Waals surface area (Å²) in [5.41, 5.74) is 1.44. The Morgan fingerprint density at radius 3 is 1.94 bits per heavy atom. The Balaban J connectivity index is 2.00. The van der Waals surface area contributed by atoms with Gasteiger partial charge in [-0.2, -0.15) is 0 Å². The van der Waals surface area contributed by atoms with Crippen LogP contribution in [-0.2, 0) is 32.1 Å². The smallest absolute Gasteiger partial charge is 0.408 e. The van der Waals surface area contributed by atoms with Gasteiger partial charge in [0.15, 0.2) is 0 Å². The molecule has 0 aliphatic heterocycles. The number of carboxylic acids is 2. The number of carbonyl (C=O) groups is 4. The van der Waals surface area contributed by atoms with Crippen molar-refractivity contribution < 1.29 is 34.1 Å². The van der Waals surface area contributed by atoms with Crippen LogP contribution >= 0.6 is 0 Å². The molecule has 0 unspecified atom stereocenters. The lowest BCUT2D eigenvalue weighted by Crippen LogP contribution is -2.52. The maximum absolute atomic E-state index is 12.6. The van der Waals surface area contributed by atoms with E-state index in [2.05, 4.69) is 10.6 Å². The molecule has 0 bridgehead atoms. The van der Waals surface area contributed by atoms with Crippen LogP contribution in [0.1, 0.15) is 24.0 Å². The highest BCUT2D eigenvalue weighted by atomic mass is 16.5. The topological polar surface area (TPSA) is 142 Å². The van der Waals surface area contributed by atoms with Crippen LogP contribution in [0.3, 0.4) is 0 Å². The van der Waals surface area contributed by atoms with Gasteiger partial charge < -0.3 is 25.6 Å². The summed E-state index contributed by atoms with van der Waals surface area (Å²) >= 11 is 0. The molecule has 164 valence electrons. The summed E-state index contributed by atoms with van der Waals surface area (Å²) in [7, 11) is 0. The Labute approximate surface area is 179 Å². The fourth-order valence-electron chi connectivity index (χ4n) is 2.77. The second kappa shape index (κ2) is 12.0. The van der Waals surface area contributed by atoms with Gasteiger partial charge in [-0.3, -0.25) is 9.59 Å². The van der Waals surface area contributed by atoms with Crippen molar-refractivity contribution in [2.24, 2.45) is 0 Å². The van der Waals surface area contributed by atoms with E-state index in [1.807, 2.05) is 6.07 Å². The van der Waals surface area contributed by atoms with Crippen LogP contribution in [0.25, 0.3) is 0 Å². The zero-order valence-electron chi connectivity index (χ0n) is 16.7. The number of amides is 2. The van der Waals surface area contributed by atoms with Gasteiger partial charge in [-0.15, -0.1) is 0 Å². The van der Waals surface area contributed by atoms with Crippen LogP contribution < -0.4 is 10.6 Å². The van der Waals surface area contributed by atoms with E-state index in [1.165, 1.54) is 0 Å². The van der Waals surface area contributed by atoms with Crippen LogP contribution in [0.4, 0.5) is 4.79 Å². The molecule has 0 aromatic heterocycles. The molecule has 0 heterocycles.